The number of halogens is 1. The van der Waals surface area contributed by atoms with Crippen molar-refractivity contribution >= 4 is 17.0 Å². The molecule has 1 aromatic carbocycles. The maximum absolute atomic E-state index is 13.7. The molecule has 102 valence electrons. The molecule has 0 radical (unpaired) electrons. The minimum atomic E-state index is -0.363. The number of hydrogen-bond acceptors (Lipinski definition) is 3. The van der Waals surface area contributed by atoms with E-state index in [0.29, 0.717) is 24.5 Å². The van der Waals surface area contributed by atoms with Gasteiger partial charge in [0.2, 0.25) is 0 Å². The van der Waals surface area contributed by atoms with Crippen molar-refractivity contribution in [2.24, 2.45) is 0 Å². The maximum atomic E-state index is 13.7. The Labute approximate surface area is 111 Å². The second-order valence-electron chi connectivity index (χ2n) is 4.27. The summed E-state index contributed by atoms with van der Waals surface area (Å²) in [6, 6.07) is 4.84. The molecule has 0 aliphatic rings. The predicted molar refractivity (Wildman–Crippen MR) is 70.3 cm³/mol. The van der Waals surface area contributed by atoms with Crippen LogP contribution in [-0.4, -0.2) is 22.1 Å². The van der Waals surface area contributed by atoms with Crippen molar-refractivity contribution < 1.29 is 13.9 Å². The van der Waals surface area contributed by atoms with E-state index in [-0.39, 0.29) is 18.2 Å². The number of aromatic nitrogens is 2. The van der Waals surface area contributed by atoms with Crippen LogP contribution in [-0.2, 0) is 22.5 Å². The lowest BCUT2D eigenvalue weighted by Gasteiger charge is -2.07. The fourth-order valence-corrected chi connectivity index (χ4v) is 2.11. The van der Waals surface area contributed by atoms with Crippen LogP contribution in [0.2, 0.25) is 0 Å². The summed E-state index contributed by atoms with van der Waals surface area (Å²) in [4.78, 5) is 15.8. The number of para-hydroxylation sites is 1. The average Bonchev–Trinajstić information content (AvgIpc) is 2.70. The van der Waals surface area contributed by atoms with Gasteiger partial charge in [-0.05, 0) is 25.5 Å². The van der Waals surface area contributed by atoms with E-state index in [1.165, 1.54) is 6.07 Å². The molecule has 0 saturated heterocycles. The van der Waals surface area contributed by atoms with Crippen LogP contribution in [0.4, 0.5) is 4.39 Å². The highest BCUT2D eigenvalue weighted by molar-refractivity contribution is 5.79. The monoisotopic (exact) mass is 264 g/mol. The molecule has 0 fully saturated rings. The zero-order valence-electron chi connectivity index (χ0n) is 11.1. The minimum absolute atomic E-state index is 0.0714. The van der Waals surface area contributed by atoms with Gasteiger partial charge in [0.05, 0.1) is 12.1 Å². The lowest BCUT2D eigenvalue weighted by Crippen LogP contribution is -2.12. The van der Waals surface area contributed by atoms with Crippen molar-refractivity contribution in [1.82, 2.24) is 9.55 Å². The lowest BCUT2D eigenvalue weighted by molar-refractivity contribution is -0.142. The molecular weight excluding hydrogens is 247 g/mol. The van der Waals surface area contributed by atoms with Crippen molar-refractivity contribution in [2.75, 3.05) is 6.61 Å². The van der Waals surface area contributed by atoms with E-state index in [0.717, 1.165) is 11.9 Å². The van der Waals surface area contributed by atoms with E-state index < -0.39 is 0 Å². The highest BCUT2D eigenvalue weighted by atomic mass is 19.1. The van der Waals surface area contributed by atoms with Gasteiger partial charge in [-0.1, -0.05) is 13.0 Å². The summed E-state index contributed by atoms with van der Waals surface area (Å²) in [5.74, 6) is -0.145. The van der Waals surface area contributed by atoms with Gasteiger partial charge in [-0.2, -0.15) is 0 Å². The number of benzene rings is 1. The quantitative estimate of drug-likeness (QED) is 0.780. The van der Waals surface area contributed by atoms with Gasteiger partial charge >= 0.3 is 5.97 Å². The van der Waals surface area contributed by atoms with Crippen LogP contribution in [0.1, 0.15) is 26.1 Å². The van der Waals surface area contributed by atoms with Crippen LogP contribution in [0.15, 0.2) is 18.2 Å². The number of carbonyl (C=O) groups excluding carboxylic acids is 1. The second kappa shape index (κ2) is 5.82. The van der Waals surface area contributed by atoms with Gasteiger partial charge in [0.1, 0.15) is 17.8 Å². The van der Waals surface area contributed by atoms with E-state index in [1.54, 1.807) is 13.0 Å². The fraction of sp³-hybridized carbons (Fsp3) is 0.429. The molecule has 2 aromatic rings. The van der Waals surface area contributed by atoms with Crippen molar-refractivity contribution in [3.8, 4) is 0 Å². The highest BCUT2D eigenvalue weighted by Crippen LogP contribution is 2.20. The summed E-state index contributed by atoms with van der Waals surface area (Å²) in [5.41, 5.74) is 1.04. The van der Waals surface area contributed by atoms with Gasteiger partial charge in [0.25, 0.3) is 0 Å². The zero-order valence-corrected chi connectivity index (χ0v) is 11.1. The number of fused-ring (bicyclic) bond motifs is 1. The van der Waals surface area contributed by atoms with Gasteiger partial charge in [-0.3, -0.25) is 4.79 Å². The highest BCUT2D eigenvalue weighted by Gasteiger charge is 2.16. The first-order valence-electron chi connectivity index (χ1n) is 6.46. The number of rotatable bonds is 5. The lowest BCUT2D eigenvalue weighted by atomic mass is 10.3. The summed E-state index contributed by atoms with van der Waals surface area (Å²) < 4.78 is 20.5. The number of carbonyl (C=O) groups is 1. The fourth-order valence-electron chi connectivity index (χ4n) is 2.11. The van der Waals surface area contributed by atoms with E-state index in [9.17, 15) is 9.18 Å². The van der Waals surface area contributed by atoms with Crippen LogP contribution in [0.3, 0.4) is 0 Å². The Balaban J connectivity index is 2.44. The Morgan fingerprint density at radius 3 is 2.89 bits per heavy atom. The minimum Gasteiger partial charge on any atom is -0.466 e. The first-order valence-corrected chi connectivity index (χ1v) is 6.46. The van der Waals surface area contributed by atoms with Crippen LogP contribution in [0.25, 0.3) is 11.0 Å². The summed E-state index contributed by atoms with van der Waals surface area (Å²) >= 11 is 0. The Kier molecular flexibility index (Phi) is 4.14. The largest absolute Gasteiger partial charge is 0.466 e. The van der Waals surface area contributed by atoms with Crippen LogP contribution in [0, 0.1) is 5.82 Å². The molecule has 0 bridgehead atoms. The number of aryl methyl sites for hydroxylation is 1. The van der Waals surface area contributed by atoms with Crippen LogP contribution in [0.5, 0.6) is 0 Å². The predicted octanol–water partition coefficient (Wildman–Crippen LogP) is 2.69. The van der Waals surface area contributed by atoms with E-state index >= 15 is 0 Å². The molecule has 1 aromatic heterocycles. The SMILES string of the molecule is CCCn1c(CC(=O)OCC)nc2c(F)cccc21. The van der Waals surface area contributed by atoms with Gasteiger partial charge in [0.15, 0.2) is 5.82 Å². The number of hydrogen-bond donors (Lipinski definition) is 0. The smallest absolute Gasteiger partial charge is 0.313 e. The molecule has 0 amide bonds. The summed E-state index contributed by atoms with van der Waals surface area (Å²) in [7, 11) is 0. The second-order valence-corrected chi connectivity index (χ2v) is 4.27. The van der Waals surface area contributed by atoms with Crippen molar-refractivity contribution in [3.63, 3.8) is 0 Å². The Morgan fingerprint density at radius 2 is 2.21 bits per heavy atom. The third-order valence-corrected chi connectivity index (χ3v) is 2.86. The molecule has 0 atom stereocenters. The molecule has 4 nitrogen and oxygen atoms in total. The number of ether oxygens (including phenoxy) is 1. The third kappa shape index (κ3) is 2.75. The molecule has 0 saturated carbocycles. The van der Waals surface area contributed by atoms with Crippen molar-refractivity contribution in [3.05, 3.63) is 29.8 Å². The van der Waals surface area contributed by atoms with E-state index in [2.05, 4.69) is 4.98 Å². The number of imidazole rings is 1. The molecule has 0 aliphatic heterocycles. The van der Waals surface area contributed by atoms with Crippen LogP contribution >= 0.6 is 0 Å². The maximum Gasteiger partial charge on any atom is 0.313 e. The molecule has 5 heteroatoms. The Morgan fingerprint density at radius 1 is 1.42 bits per heavy atom. The van der Waals surface area contributed by atoms with Gasteiger partial charge in [0, 0.05) is 6.54 Å². The topological polar surface area (TPSA) is 44.1 Å². The third-order valence-electron chi connectivity index (χ3n) is 2.86. The van der Waals surface area contributed by atoms with Crippen molar-refractivity contribution in [2.45, 2.75) is 33.2 Å². The van der Waals surface area contributed by atoms with Gasteiger partial charge < -0.3 is 9.30 Å². The van der Waals surface area contributed by atoms with Crippen LogP contribution < -0.4 is 0 Å². The molecule has 0 aliphatic carbocycles. The molecule has 19 heavy (non-hydrogen) atoms. The summed E-state index contributed by atoms with van der Waals surface area (Å²) in [5, 5.41) is 0. The average molecular weight is 264 g/mol. The molecule has 2 rings (SSSR count). The van der Waals surface area contributed by atoms with E-state index in [1.807, 2.05) is 17.6 Å². The van der Waals surface area contributed by atoms with Gasteiger partial charge in [-0.25, -0.2) is 9.37 Å². The number of esters is 1. The normalized spacial score (nSPS) is 10.9. The molecule has 0 unspecified atom stereocenters. The summed E-state index contributed by atoms with van der Waals surface area (Å²) in [6.07, 6.45) is 0.958. The van der Waals surface area contributed by atoms with Crippen molar-refractivity contribution in [1.29, 1.82) is 0 Å². The molecular formula is C14H17FN2O2. The first kappa shape index (κ1) is 13.5. The first-order chi connectivity index (χ1) is 9.17. The van der Waals surface area contributed by atoms with Gasteiger partial charge in [-0.15, -0.1) is 0 Å². The molecule has 0 N–H and O–H groups in total. The number of nitrogens with zero attached hydrogens (tertiary/aromatic N) is 2. The standard InChI is InChI=1S/C14H17FN2O2/c1-3-8-17-11-7-5-6-10(15)14(11)16-12(17)9-13(18)19-4-2/h5-7H,3-4,8-9H2,1-2H3. The molecule has 1 heterocycles. The Hall–Kier alpha value is -1.91. The van der Waals surface area contributed by atoms with E-state index in [4.69, 9.17) is 4.74 Å². The molecule has 0 spiro atoms. The Bertz CT molecular complexity index is 592. The summed E-state index contributed by atoms with van der Waals surface area (Å²) in [6.45, 7) is 4.82. The zero-order chi connectivity index (χ0) is 13.8.